The molecule has 128 valence electrons. The highest BCUT2D eigenvalue weighted by molar-refractivity contribution is 5.92. The average Bonchev–Trinajstić information content (AvgIpc) is 2.57. The zero-order valence-corrected chi connectivity index (χ0v) is 14.3. The quantitative estimate of drug-likeness (QED) is 0.781. The molecule has 0 spiro atoms. The molecule has 0 unspecified atom stereocenters. The standard InChI is InChI=1S/C19H24N2O3/c1-14(2)24-18-8-4-15(5-9-18)12-20-13-19(22)21-16-6-10-17(23-3)11-7-16/h4-11,14,20H,12-13H2,1-3H3,(H,21,22). The highest BCUT2D eigenvalue weighted by atomic mass is 16.5. The Labute approximate surface area is 143 Å². The summed E-state index contributed by atoms with van der Waals surface area (Å²) in [6.45, 7) is 4.86. The number of hydrogen-bond acceptors (Lipinski definition) is 4. The monoisotopic (exact) mass is 328 g/mol. The second-order valence-corrected chi connectivity index (χ2v) is 5.69. The largest absolute Gasteiger partial charge is 0.497 e. The van der Waals surface area contributed by atoms with Crippen LogP contribution in [0.25, 0.3) is 0 Å². The van der Waals surface area contributed by atoms with E-state index in [9.17, 15) is 4.79 Å². The molecule has 0 radical (unpaired) electrons. The molecule has 0 saturated carbocycles. The number of nitrogens with one attached hydrogen (secondary N) is 2. The lowest BCUT2D eigenvalue weighted by Crippen LogP contribution is -2.27. The molecule has 0 aliphatic carbocycles. The van der Waals surface area contributed by atoms with Crippen molar-refractivity contribution in [1.29, 1.82) is 0 Å². The first-order valence-corrected chi connectivity index (χ1v) is 7.97. The summed E-state index contributed by atoms with van der Waals surface area (Å²) in [5, 5.41) is 5.96. The molecule has 5 nitrogen and oxygen atoms in total. The first-order valence-electron chi connectivity index (χ1n) is 7.97. The number of carbonyl (C=O) groups excluding carboxylic acids is 1. The van der Waals surface area contributed by atoms with E-state index in [-0.39, 0.29) is 18.6 Å². The number of amides is 1. The van der Waals surface area contributed by atoms with E-state index in [1.54, 1.807) is 7.11 Å². The maximum absolute atomic E-state index is 11.9. The van der Waals surface area contributed by atoms with Crippen LogP contribution in [-0.4, -0.2) is 25.7 Å². The molecule has 0 heterocycles. The smallest absolute Gasteiger partial charge is 0.238 e. The number of carbonyl (C=O) groups is 1. The minimum atomic E-state index is -0.0834. The average molecular weight is 328 g/mol. The molecule has 0 aliphatic heterocycles. The van der Waals surface area contributed by atoms with E-state index in [2.05, 4.69) is 10.6 Å². The van der Waals surface area contributed by atoms with Crippen LogP contribution < -0.4 is 20.1 Å². The van der Waals surface area contributed by atoms with Crippen molar-refractivity contribution in [2.45, 2.75) is 26.5 Å². The molecule has 2 rings (SSSR count). The van der Waals surface area contributed by atoms with Crippen molar-refractivity contribution in [3.8, 4) is 11.5 Å². The highest BCUT2D eigenvalue weighted by Gasteiger charge is 2.03. The van der Waals surface area contributed by atoms with Crippen molar-refractivity contribution in [1.82, 2.24) is 5.32 Å². The summed E-state index contributed by atoms with van der Waals surface area (Å²) in [6, 6.07) is 15.1. The van der Waals surface area contributed by atoms with E-state index >= 15 is 0 Å². The molecular formula is C19H24N2O3. The van der Waals surface area contributed by atoms with E-state index in [4.69, 9.17) is 9.47 Å². The maximum Gasteiger partial charge on any atom is 0.238 e. The van der Waals surface area contributed by atoms with Crippen molar-refractivity contribution in [2.75, 3.05) is 19.0 Å². The molecule has 0 aromatic heterocycles. The Morgan fingerprint density at radius 3 is 2.21 bits per heavy atom. The predicted octanol–water partition coefficient (Wildman–Crippen LogP) is 3.21. The molecule has 5 heteroatoms. The van der Waals surface area contributed by atoms with Gasteiger partial charge >= 0.3 is 0 Å². The lowest BCUT2D eigenvalue weighted by Gasteiger charge is -2.10. The van der Waals surface area contributed by atoms with E-state index in [1.165, 1.54) is 0 Å². The molecule has 24 heavy (non-hydrogen) atoms. The molecular weight excluding hydrogens is 304 g/mol. The Kier molecular flexibility index (Phi) is 6.63. The second-order valence-electron chi connectivity index (χ2n) is 5.69. The van der Waals surface area contributed by atoms with Crippen LogP contribution in [-0.2, 0) is 11.3 Å². The third-order valence-corrected chi connectivity index (χ3v) is 3.28. The molecule has 0 saturated heterocycles. The summed E-state index contributed by atoms with van der Waals surface area (Å²) in [5.74, 6) is 1.53. The molecule has 0 aliphatic rings. The molecule has 0 fully saturated rings. The van der Waals surface area contributed by atoms with Gasteiger partial charge in [0.05, 0.1) is 19.8 Å². The van der Waals surface area contributed by atoms with Gasteiger partial charge in [0.15, 0.2) is 0 Å². The van der Waals surface area contributed by atoms with Crippen LogP contribution in [0.4, 0.5) is 5.69 Å². The number of rotatable bonds is 8. The summed E-state index contributed by atoms with van der Waals surface area (Å²) < 4.78 is 10.7. The molecule has 1 amide bonds. The third kappa shape index (κ3) is 5.93. The number of anilines is 1. The fourth-order valence-electron chi connectivity index (χ4n) is 2.16. The lowest BCUT2D eigenvalue weighted by atomic mass is 10.2. The van der Waals surface area contributed by atoms with Gasteiger partial charge in [0, 0.05) is 12.2 Å². The summed E-state index contributed by atoms with van der Waals surface area (Å²) in [7, 11) is 1.61. The van der Waals surface area contributed by atoms with Crippen molar-refractivity contribution in [3.63, 3.8) is 0 Å². The lowest BCUT2D eigenvalue weighted by molar-refractivity contribution is -0.115. The maximum atomic E-state index is 11.9. The minimum Gasteiger partial charge on any atom is -0.497 e. The van der Waals surface area contributed by atoms with Gasteiger partial charge in [0.2, 0.25) is 5.91 Å². The second kappa shape index (κ2) is 8.93. The van der Waals surface area contributed by atoms with Gasteiger partial charge in [-0.05, 0) is 55.8 Å². The number of hydrogen-bond donors (Lipinski definition) is 2. The first kappa shape index (κ1) is 17.8. The van der Waals surface area contributed by atoms with Crippen LogP contribution in [0.15, 0.2) is 48.5 Å². The predicted molar refractivity (Wildman–Crippen MR) is 95.5 cm³/mol. The molecule has 2 aromatic rings. The van der Waals surface area contributed by atoms with Gasteiger partial charge < -0.3 is 20.1 Å². The van der Waals surface area contributed by atoms with E-state index in [0.717, 1.165) is 22.7 Å². The Balaban J connectivity index is 1.73. The topological polar surface area (TPSA) is 59.6 Å². The van der Waals surface area contributed by atoms with Crippen molar-refractivity contribution in [2.24, 2.45) is 0 Å². The Bertz CT molecular complexity index is 637. The Hall–Kier alpha value is -2.53. The van der Waals surface area contributed by atoms with Crippen LogP contribution in [0, 0.1) is 0 Å². The molecule has 2 N–H and O–H groups in total. The van der Waals surface area contributed by atoms with Crippen molar-refractivity contribution >= 4 is 11.6 Å². The summed E-state index contributed by atoms with van der Waals surface area (Å²) in [6.07, 6.45) is 0.163. The van der Waals surface area contributed by atoms with Crippen LogP contribution in [0.1, 0.15) is 19.4 Å². The number of ether oxygens (including phenoxy) is 2. The van der Waals surface area contributed by atoms with E-state index in [0.29, 0.717) is 6.54 Å². The van der Waals surface area contributed by atoms with Gasteiger partial charge in [-0.2, -0.15) is 0 Å². The summed E-state index contributed by atoms with van der Waals surface area (Å²) >= 11 is 0. The number of benzene rings is 2. The van der Waals surface area contributed by atoms with Gasteiger partial charge in [-0.3, -0.25) is 4.79 Å². The van der Waals surface area contributed by atoms with E-state index in [1.807, 2.05) is 62.4 Å². The Morgan fingerprint density at radius 2 is 1.62 bits per heavy atom. The van der Waals surface area contributed by atoms with Gasteiger partial charge in [-0.15, -0.1) is 0 Å². The van der Waals surface area contributed by atoms with Gasteiger partial charge in [-0.1, -0.05) is 12.1 Å². The minimum absolute atomic E-state index is 0.0834. The normalized spacial score (nSPS) is 10.5. The number of methoxy groups -OCH3 is 1. The van der Waals surface area contributed by atoms with Crippen LogP contribution in [0.5, 0.6) is 11.5 Å². The highest BCUT2D eigenvalue weighted by Crippen LogP contribution is 2.15. The van der Waals surface area contributed by atoms with Crippen LogP contribution >= 0.6 is 0 Å². The van der Waals surface area contributed by atoms with Crippen LogP contribution in [0.3, 0.4) is 0 Å². The van der Waals surface area contributed by atoms with Gasteiger partial charge in [0.25, 0.3) is 0 Å². The molecule has 0 atom stereocenters. The van der Waals surface area contributed by atoms with Gasteiger partial charge in [-0.25, -0.2) is 0 Å². The summed E-state index contributed by atoms with van der Waals surface area (Å²) in [5.41, 5.74) is 1.85. The molecule has 0 bridgehead atoms. The Morgan fingerprint density at radius 1 is 1.00 bits per heavy atom. The van der Waals surface area contributed by atoms with Gasteiger partial charge in [0.1, 0.15) is 11.5 Å². The third-order valence-electron chi connectivity index (χ3n) is 3.28. The fourth-order valence-corrected chi connectivity index (χ4v) is 2.16. The zero-order valence-electron chi connectivity index (χ0n) is 14.3. The zero-order chi connectivity index (χ0) is 17.4. The van der Waals surface area contributed by atoms with Crippen molar-refractivity contribution < 1.29 is 14.3 Å². The molecule has 2 aromatic carbocycles. The summed E-state index contributed by atoms with van der Waals surface area (Å²) in [4.78, 5) is 11.9. The van der Waals surface area contributed by atoms with Crippen LogP contribution in [0.2, 0.25) is 0 Å². The first-order chi connectivity index (χ1) is 11.6. The van der Waals surface area contributed by atoms with E-state index < -0.39 is 0 Å². The fraction of sp³-hybridized carbons (Fsp3) is 0.316. The SMILES string of the molecule is COc1ccc(NC(=O)CNCc2ccc(OC(C)C)cc2)cc1. The van der Waals surface area contributed by atoms with Crippen molar-refractivity contribution in [3.05, 3.63) is 54.1 Å².